The highest BCUT2D eigenvalue weighted by Crippen LogP contribution is 2.54. The third-order valence-electron chi connectivity index (χ3n) is 7.06. The Hall–Kier alpha value is -4.03. The van der Waals surface area contributed by atoms with E-state index >= 15 is 0 Å². The molecule has 1 saturated heterocycles. The summed E-state index contributed by atoms with van der Waals surface area (Å²) >= 11 is 1.90. The Bertz CT molecular complexity index is 1700. The zero-order chi connectivity index (χ0) is 28.9. The van der Waals surface area contributed by atoms with Gasteiger partial charge in [-0.1, -0.05) is 71.6 Å². The van der Waals surface area contributed by atoms with Gasteiger partial charge in [0.15, 0.2) is 11.5 Å². The number of carbonyl (C=O) groups is 2. The van der Waals surface area contributed by atoms with Crippen LogP contribution in [0.3, 0.4) is 0 Å². The number of nitrogens with one attached hydrogen (secondary N) is 1. The van der Waals surface area contributed by atoms with Crippen LogP contribution in [0.5, 0.6) is 11.5 Å². The number of aromatic nitrogens is 1. The zero-order valence-corrected chi connectivity index (χ0v) is 22.9. The molecule has 0 saturated carbocycles. The molecule has 3 atom stereocenters. The first kappa shape index (κ1) is 27.2. The summed E-state index contributed by atoms with van der Waals surface area (Å²) in [6.07, 6.45) is -4.77. The monoisotopic (exact) mass is 598 g/mol. The van der Waals surface area contributed by atoms with Gasteiger partial charge in [-0.25, -0.2) is 4.90 Å². The molecular weight excluding hydrogens is 577 g/mol. The zero-order valence-electron chi connectivity index (χ0n) is 21.3. The quantitative estimate of drug-likeness (QED) is 0.281. The second-order valence-corrected chi connectivity index (χ2v) is 11.6. The number of thioether (sulfide) groups is 1. The van der Waals surface area contributed by atoms with Gasteiger partial charge in [0.05, 0.1) is 29.3 Å². The smallest absolute Gasteiger partial charge is 0.418 e. The van der Waals surface area contributed by atoms with Crippen LogP contribution in [0, 0.1) is 5.92 Å². The average Bonchev–Trinajstić information content (AvgIpc) is 3.45. The van der Waals surface area contributed by atoms with Crippen molar-refractivity contribution >= 4 is 40.6 Å². The highest BCUT2D eigenvalue weighted by molar-refractivity contribution is 8.00. The van der Waals surface area contributed by atoms with Crippen LogP contribution < -0.4 is 19.2 Å². The average molecular weight is 599 g/mol. The van der Waals surface area contributed by atoms with Crippen LogP contribution in [-0.4, -0.2) is 29.2 Å². The molecule has 7 nitrogen and oxygen atoms in total. The number of H-pyrrole nitrogens is 1. The predicted molar refractivity (Wildman–Crippen MR) is 148 cm³/mol. The van der Waals surface area contributed by atoms with Crippen molar-refractivity contribution < 1.29 is 32.2 Å². The first-order valence-corrected chi connectivity index (χ1v) is 14.2. The Morgan fingerprint density at radius 1 is 0.927 bits per heavy atom. The number of para-hydroxylation sites is 1. The summed E-state index contributed by atoms with van der Waals surface area (Å²) in [7, 11) is 1.47. The standard InChI is InChI=1S/C29H21F3N2O5S2/c1-38-20-13-16(11-12-19(20)39-14-15-7-3-2-4-8-15)21-22-24(40-25-23(21)41-28(37)33-25)27(36)34(26(22)35)18-10-6-5-9-17(18)29(30,31)32/h2-13,21-22,24H,14H2,1H3,(H,33,37). The Kier molecular flexibility index (Phi) is 6.90. The number of methoxy groups -OCH3 is 1. The number of amides is 2. The van der Waals surface area contributed by atoms with Crippen molar-refractivity contribution in [1.29, 1.82) is 0 Å². The maximum atomic E-state index is 13.9. The molecule has 2 amide bonds. The van der Waals surface area contributed by atoms with Gasteiger partial charge in [0.1, 0.15) is 11.9 Å². The first-order chi connectivity index (χ1) is 19.7. The molecule has 2 aliphatic rings. The van der Waals surface area contributed by atoms with Gasteiger partial charge >= 0.3 is 11.0 Å². The molecule has 1 N–H and O–H groups in total. The summed E-state index contributed by atoms with van der Waals surface area (Å²) in [5.41, 5.74) is -0.0795. The van der Waals surface area contributed by atoms with Gasteiger partial charge < -0.3 is 14.5 Å². The minimum absolute atomic E-state index is 0.283. The SMILES string of the molecule is COc1cc(C2c3sc(=O)[nH]c3SC3C(=O)N(c4ccccc4C(F)(F)F)C(=O)C32)ccc1OCc1ccccc1. The number of aromatic amines is 1. The number of alkyl halides is 3. The fourth-order valence-corrected chi connectivity index (χ4v) is 7.77. The minimum Gasteiger partial charge on any atom is -0.493 e. The number of thiazole rings is 1. The number of hydrogen-bond donors (Lipinski definition) is 1. The molecule has 2 aliphatic heterocycles. The summed E-state index contributed by atoms with van der Waals surface area (Å²) in [6, 6.07) is 19.1. The van der Waals surface area contributed by atoms with Crippen LogP contribution in [0.15, 0.2) is 82.6 Å². The van der Waals surface area contributed by atoms with Gasteiger partial charge in [-0.05, 0) is 35.4 Å². The van der Waals surface area contributed by atoms with Gasteiger partial charge in [-0.3, -0.25) is 14.4 Å². The Labute approximate surface area is 239 Å². The van der Waals surface area contributed by atoms with Crippen molar-refractivity contribution in [2.75, 3.05) is 12.0 Å². The summed E-state index contributed by atoms with van der Waals surface area (Å²) in [4.78, 5) is 43.4. The molecule has 6 rings (SSSR count). The van der Waals surface area contributed by atoms with Gasteiger partial charge in [0.2, 0.25) is 11.8 Å². The first-order valence-electron chi connectivity index (χ1n) is 12.5. The Morgan fingerprint density at radius 2 is 1.66 bits per heavy atom. The number of benzene rings is 3. The summed E-state index contributed by atoms with van der Waals surface area (Å²) < 4.78 is 53.1. The van der Waals surface area contributed by atoms with E-state index in [1.54, 1.807) is 18.2 Å². The highest BCUT2D eigenvalue weighted by atomic mass is 32.2. The lowest BCUT2D eigenvalue weighted by Crippen LogP contribution is -2.33. The Morgan fingerprint density at radius 3 is 2.39 bits per heavy atom. The number of imide groups is 1. The fourth-order valence-electron chi connectivity index (χ4n) is 5.25. The number of rotatable bonds is 6. The number of nitrogens with zero attached hydrogens (tertiary/aromatic N) is 1. The topological polar surface area (TPSA) is 88.7 Å². The third kappa shape index (κ3) is 4.80. The highest BCUT2D eigenvalue weighted by Gasteiger charge is 2.57. The van der Waals surface area contributed by atoms with Gasteiger partial charge in [-0.2, -0.15) is 13.2 Å². The van der Waals surface area contributed by atoms with E-state index in [4.69, 9.17) is 9.47 Å². The molecular formula is C29H21F3N2O5S2. The van der Waals surface area contributed by atoms with E-state index in [9.17, 15) is 27.6 Å². The van der Waals surface area contributed by atoms with E-state index < -0.39 is 46.3 Å². The van der Waals surface area contributed by atoms with Crippen molar-refractivity contribution in [2.45, 2.75) is 29.0 Å². The number of ether oxygens (including phenoxy) is 2. The van der Waals surface area contributed by atoms with Gasteiger partial charge in [-0.15, -0.1) is 0 Å². The van der Waals surface area contributed by atoms with Crippen LogP contribution in [0.1, 0.15) is 27.5 Å². The van der Waals surface area contributed by atoms with Crippen molar-refractivity contribution in [3.63, 3.8) is 0 Å². The summed E-state index contributed by atoms with van der Waals surface area (Å²) in [5.74, 6) is -2.54. The molecule has 1 aromatic heterocycles. The molecule has 3 aromatic carbocycles. The lowest BCUT2D eigenvalue weighted by atomic mass is 9.83. The second kappa shape index (κ2) is 10.4. The summed E-state index contributed by atoms with van der Waals surface area (Å²) in [6.45, 7) is 0.283. The molecule has 41 heavy (non-hydrogen) atoms. The molecule has 0 bridgehead atoms. The van der Waals surface area contributed by atoms with Crippen molar-refractivity contribution in [1.82, 2.24) is 4.98 Å². The summed E-state index contributed by atoms with van der Waals surface area (Å²) in [5, 5.41) is -0.617. The van der Waals surface area contributed by atoms with Gasteiger partial charge in [0.25, 0.3) is 0 Å². The van der Waals surface area contributed by atoms with Gasteiger partial charge in [0, 0.05) is 10.8 Å². The maximum Gasteiger partial charge on any atom is 0.418 e. The van der Waals surface area contributed by atoms with Crippen LogP contribution >= 0.6 is 23.1 Å². The predicted octanol–water partition coefficient (Wildman–Crippen LogP) is 5.84. The van der Waals surface area contributed by atoms with Crippen LogP contribution in [-0.2, 0) is 22.4 Å². The normalized spacial score (nSPS) is 20.1. The molecule has 1 fully saturated rings. The Balaban J connectivity index is 1.41. The number of halogens is 3. The van der Waals surface area contributed by atoms with E-state index in [1.807, 2.05) is 30.3 Å². The van der Waals surface area contributed by atoms with E-state index in [0.29, 0.717) is 31.9 Å². The lowest BCUT2D eigenvalue weighted by molar-refractivity contribution is -0.137. The van der Waals surface area contributed by atoms with Crippen LogP contribution in [0.25, 0.3) is 0 Å². The number of carbonyl (C=O) groups excluding carboxylic acids is 2. The minimum atomic E-state index is -4.77. The van der Waals surface area contributed by atoms with E-state index in [0.717, 1.165) is 40.8 Å². The van der Waals surface area contributed by atoms with Crippen LogP contribution in [0.4, 0.5) is 18.9 Å². The van der Waals surface area contributed by atoms with Crippen molar-refractivity contribution in [3.8, 4) is 11.5 Å². The second-order valence-electron chi connectivity index (χ2n) is 9.46. The van der Waals surface area contributed by atoms with Crippen molar-refractivity contribution in [3.05, 3.63) is 104 Å². The maximum absolute atomic E-state index is 13.9. The van der Waals surface area contributed by atoms with Crippen LogP contribution in [0.2, 0.25) is 0 Å². The third-order valence-corrected chi connectivity index (χ3v) is 9.46. The van der Waals surface area contributed by atoms with E-state index in [2.05, 4.69) is 4.98 Å². The number of hydrogen-bond acceptors (Lipinski definition) is 7. The molecule has 3 heterocycles. The van der Waals surface area contributed by atoms with E-state index in [-0.39, 0.29) is 11.5 Å². The number of fused-ring (bicyclic) bond motifs is 2. The number of anilines is 1. The van der Waals surface area contributed by atoms with E-state index in [1.165, 1.54) is 19.2 Å². The molecule has 210 valence electrons. The molecule has 4 aromatic rings. The molecule has 0 spiro atoms. The molecule has 3 unspecified atom stereocenters. The van der Waals surface area contributed by atoms with Crippen molar-refractivity contribution in [2.24, 2.45) is 5.92 Å². The fraction of sp³-hybridized carbons (Fsp3) is 0.207. The lowest BCUT2D eigenvalue weighted by Gasteiger charge is -2.30. The molecule has 0 radical (unpaired) electrons. The molecule has 12 heteroatoms. The molecule has 0 aliphatic carbocycles. The largest absolute Gasteiger partial charge is 0.493 e.